The lowest BCUT2D eigenvalue weighted by Gasteiger charge is -2.21. The molecule has 0 saturated heterocycles. The zero-order valence-corrected chi connectivity index (χ0v) is 19.1. The van der Waals surface area contributed by atoms with Crippen molar-refractivity contribution in [1.82, 2.24) is 10.2 Å². The molecule has 2 aromatic carbocycles. The predicted molar refractivity (Wildman–Crippen MR) is 123 cm³/mol. The van der Waals surface area contributed by atoms with Crippen LogP contribution in [0.3, 0.4) is 0 Å². The van der Waals surface area contributed by atoms with Gasteiger partial charge in [-0.3, -0.25) is 9.59 Å². The first kappa shape index (κ1) is 25.9. The number of aromatic nitrogens is 2. The van der Waals surface area contributed by atoms with Crippen molar-refractivity contribution in [3.8, 4) is 11.5 Å². The van der Waals surface area contributed by atoms with E-state index in [9.17, 15) is 22.8 Å². The maximum Gasteiger partial charge on any atom is 0.470 e. The highest BCUT2D eigenvalue weighted by atomic mass is 19.4. The van der Waals surface area contributed by atoms with E-state index in [0.29, 0.717) is 17.5 Å². The third-order valence-electron chi connectivity index (χ3n) is 5.42. The number of anilines is 1. The largest absolute Gasteiger partial charge is 0.481 e. The van der Waals surface area contributed by atoms with Gasteiger partial charge in [-0.05, 0) is 54.8 Å². The molecule has 0 bridgehead atoms. The Morgan fingerprint density at radius 1 is 1.00 bits per heavy atom. The summed E-state index contributed by atoms with van der Waals surface area (Å²) >= 11 is 0. The van der Waals surface area contributed by atoms with Gasteiger partial charge in [0.25, 0.3) is 0 Å². The Hall–Kier alpha value is -3.69. The minimum atomic E-state index is -4.70. The normalized spacial score (nSPS) is 12.3. The fraction of sp³-hybridized carbons (Fsp3) is 0.360. The number of halogens is 3. The third kappa shape index (κ3) is 7.40. The molecule has 1 heterocycles. The van der Waals surface area contributed by atoms with Crippen LogP contribution in [0.5, 0.6) is 0 Å². The Morgan fingerprint density at radius 3 is 2.26 bits per heavy atom. The van der Waals surface area contributed by atoms with Gasteiger partial charge in [0.15, 0.2) is 5.78 Å². The maximum atomic E-state index is 12.7. The molecule has 35 heavy (non-hydrogen) atoms. The molecule has 10 heteroatoms. The minimum absolute atomic E-state index is 0.0424. The molecule has 0 spiro atoms. The molecule has 7 nitrogen and oxygen atoms in total. The predicted octanol–water partition coefficient (Wildman–Crippen LogP) is 6.54. The minimum Gasteiger partial charge on any atom is -0.481 e. The fourth-order valence-corrected chi connectivity index (χ4v) is 3.54. The number of hydrogen-bond donors (Lipinski definition) is 2. The van der Waals surface area contributed by atoms with Gasteiger partial charge in [-0.2, -0.15) is 13.2 Å². The number of ketones is 1. The van der Waals surface area contributed by atoms with Crippen molar-refractivity contribution in [2.24, 2.45) is 0 Å². The second-order valence-corrected chi connectivity index (χ2v) is 8.12. The van der Waals surface area contributed by atoms with Crippen molar-refractivity contribution < 1.29 is 32.3 Å². The molecule has 186 valence electrons. The average molecular weight is 489 g/mol. The number of unbranched alkanes of at least 4 members (excludes halogenated alkanes) is 1. The van der Waals surface area contributed by atoms with Gasteiger partial charge in [-0.15, -0.1) is 10.2 Å². The topological polar surface area (TPSA) is 105 Å². The Balaban J connectivity index is 1.69. The number of alkyl halides is 3. The lowest BCUT2D eigenvalue weighted by atomic mass is 9.99. The van der Waals surface area contributed by atoms with E-state index >= 15 is 0 Å². The van der Waals surface area contributed by atoms with E-state index in [1.165, 1.54) is 0 Å². The van der Waals surface area contributed by atoms with Crippen LogP contribution in [-0.4, -0.2) is 27.1 Å². The van der Waals surface area contributed by atoms with Gasteiger partial charge in [0.2, 0.25) is 5.89 Å². The average Bonchev–Trinajstić information content (AvgIpc) is 3.33. The molecule has 0 aliphatic rings. The van der Waals surface area contributed by atoms with E-state index < -0.39 is 18.0 Å². The molecule has 3 aromatic rings. The van der Waals surface area contributed by atoms with Crippen molar-refractivity contribution in [3.63, 3.8) is 0 Å². The maximum absolute atomic E-state index is 12.7. The van der Waals surface area contributed by atoms with Crippen LogP contribution in [-0.2, 0) is 11.0 Å². The first-order valence-corrected chi connectivity index (χ1v) is 11.3. The summed E-state index contributed by atoms with van der Waals surface area (Å²) in [7, 11) is 0. The van der Waals surface area contributed by atoms with E-state index in [-0.39, 0.29) is 30.6 Å². The molecule has 2 N–H and O–H groups in total. The molecule has 0 aliphatic carbocycles. The van der Waals surface area contributed by atoms with E-state index in [1.54, 1.807) is 48.5 Å². The van der Waals surface area contributed by atoms with Gasteiger partial charge in [0, 0.05) is 29.7 Å². The number of Topliss-reactive ketones (excluding diaryl/α,β-unsaturated/α-hetero) is 1. The molecule has 0 radical (unpaired) electrons. The highest BCUT2D eigenvalue weighted by Crippen LogP contribution is 2.31. The summed E-state index contributed by atoms with van der Waals surface area (Å²) in [4.78, 5) is 22.8. The second-order valence-electron chi connectivity index (χ2n) is 8.12. The number of rotatable bonds is 12. The van der Waals surface area contributed by atoms with Gasteiger partial charge in [0.1, 0.15) is 0 Å². The Kier molecular flexibility index (Phi) is 8.62. The van der Waals surface area contributed by atoms with Crippen LogP contribution in [0.1, 0.15) is 73.3 Å². The molecule has 1 aromatic heterocycles. The van der Waals surface area contributed by atoms with E-state index in [2.05, 4.69) is 22.4 Å². The van der Waals surface area contributed by atoms with E-state index in [0.717, 1.165) is 30.5 Å². The number of carboxylic acids is 1. The first-order chi connectivity index (χ1) is 16.7. The van der Waals surface area contributed by atoms with Crippen molar-refractivity contribution in [3.05, 3.63) is 65.5 Å². The Morgan fingerprint density at radius 2 is 1.69 bits per heavy atom. The molecule has 0 fully saturated rings. The van der Waals surface area contributed by atoms with Gasteiger partial charge < -0.3 is 14.8 Å². The Bertz CT molecular complexity index is 1130. The Labute approximate surface area is 200 Å². The number of nitrogens with zero attached hydrogens (tertiary/aromatic N) is 2. The van der Waals surface area contributed by atoms with Crippen molar-refractivity contribution in [2.75, 3.05) is 5.32 Å². The summed E-state index contributed by atoms with van der Waals surface area (Å²) in [6, 6.07) is 13.9. The van der Waals surface area contributed by atoms with Crippen molar-refractivity contribution in [1.29, 1.82) is 0 Å². The molecule has 1 unspecified atom stereocenters. The number of carbonyl (C=O) groups excluding carboxylic acids is 1. The SMILES string of the molecule is CCCCC(Nc1ccc(C(=O)CCCC(=O)O)cc1)c1ccc(-c2nnc(C(F)(F)F)o2)cc1. The van der Waals surface area contributed by atoms with Crippen molar-refractivity contribution in [2.45, 2.75) is 57.7 Å². The van der Waals surface area contributed by atoms with Gasteiger partial charge in [-0.25, -0.2) is 0 Å². The molecular formula is C25H26F3N3O4. The summed E-state index contributed by atoms with van der Waals surface area (Å²) in [6.45, 7) is 2.08. The van der Waals surface area contributed by atoms with E-state index in [1.807, 2.05) is 0 Å². The summed E-state index contributed by atoms with van der Waals surface area (Å²) in [5.74, 6) is -2.62. The van der Waals surface area contributed by atoms with Crippen LogP contribution >= 0.6 is 0 Å². The molecule has 0 amide bonds. The first-order valence-electron chi connectivity index (χ1n) is 11.3. The van der Waals surface area contributed by atoms with Crippen LogP contribution < -0.4 is 5.32 Å². The third-order valence-corrected chi connectivity index (χ3v) is 5.42. The smallest absolute Gasteiger partial charge is 0.470 e. The number of benzene rings is 2. The highest BCUT2D eigenvalue weighted by Gasteiger charge is 2.38. The monoisotopic (exact) mass is 489 g/mol. The number of carboxylic acid groups (broad SMARTS) is 1. The zero-order valence-electron chi connectivity index (χ0n) is 19.1. The molecular weight excluding hydrogens is 463 g/mol. The van der Waals surface area contributed by atoms with Crippen molar-refractivity contribution >= 4 is 17.4 Å². The van der Waals surface area contributed by atoms with Crippen LogP contribution in [0.15, 0.2) is 52.9 Å². The summed E-state index contributed by atoms with van der Waals surface area (Å²) in [6.07, 6.45) is -1.50. The van der Waals surface area contributed by atoms with E-state index in [4.69, 9.17) is 9.52 Å². The summed E-state index contributed by atoms with van der Waals surface area (Å²) < 4.78 is 42.9. The molecule has 1 atom stereocenters. The van der Waals surface area contributed by atoms with Crippen LogP contribution in [0.4, 0.5) is 18.9 Å². The summed E-state index contributed by atoms with van der Waals surface area (Å²) in [5.41, 5.74) is 2.65. The van der Waals surface area contributed by atoms with Crippen LogP contribution in [0.25, 0.3) is 11.5 Å². The van der Waals surface area contributed by atoms with Gasteiger partial charge in [-0.1, -0.05) is 31.9 Å². The lowest BCUT2D eigenvalue weighted by molar-refractivity contribution is -0.157. The summed E-state index contributed by atoms with van der Waals surface area (Å²) in [5, 5.41) is 18.7. The number of nitrogens with one attached hydrogen (secondary N) is 1. The highest BCUT2D eigenvalue weighted by molar-refractivity contribution is 5.96. The number of carbonyl (C=O) groups is 2. The standard InChI is InChI=1S/C25H26F3N3O4/c1-2-3-5-20(29-19-14-12-17(13-15-19)21(32)6-4-7-22(33)34)16-8-10-18(11-9-16)23-30-31-24(35-23)25(26,27)28/h8-15,20,29H,2-7H2,1H3,(H,33,34). The number of aliphatic carboxylic acids is 1. The fourth-order valence-electron chi connectivity index (χ4n) is 3.54. The molecule has 3 rings (SSSR count). The number of hydrogen-bond acceptors (Lipinski definition) is 6. The molecule has 0 saturated carbocycles. The molecule has 0 aliphatic heterocycles. The quantitative estimate of drug-likeness (QED) is 0.278. The van der Waals surface area contributed by atoms with Crippen LogP contribution in [0.2, 0.25) is 0 Å². The van der Waals surface area contributed by atoms with Gasteiger partial charge in [0.05, 0.1) is 6.04 Å². The zero-order chi connectivity index (χ0) is 25.4. The van der Waals surface area contributed by atoms with Gasteiger partial charge >= 0.3 is 18.0 Å². The second kappa shape index (κ2) is 11.6. The lowest BCUT2D eigenvalue weighted by Crippen LogP contribution is -2.11. The van der Waals surface area contributed by atoms with Crippen LogP contribution in [0, 0.1) is 0 Å².